The molecular formula is C23H31N5O3. The third-order valence-electron chi connectivity index (χ3n) is 7.14. The lowest BCUT2D eigenvalue weighted by atomic mass is 9.83. The first kappa shape index (κ1) is 20.5. The Hall–Kier alpha value is -2.45. The zero-order chi connectivity index (χ0) is 21.4. The van der Waals surface area contributed by atoms with E-state index in [1.807, 2.05) is 26.3 Å². The van der Waals surface area contributed by atoms with Crippen LogP contribution < -0.4 is 5.56 Å². The molecule has 2 fully saturated rings. The van der Waals surface area contributed by atoms with Crippen LogP contribution in [0.3, 0.4) is 0 Å². The highest BCUT2D eigenvalue weighted by atomic mass is 16.5. The number of hydrogen-bond donors (Lipinski definition) is 0. The summed E-state index contributed by atoms with van der Waals surface area (Å²) in [7, 11) is 1.74. The summed E-state index contributed by atoms with van der Waals surface area (Å²) >= 11 is 0. The summed E-state index contributed by atoms with van der Waals surface area (Å²) in [5, 5.41) is 0. The molecule has 2 bridgehead atoms. The highest BCUT2D eigenvalue weighted by Gasteiger charge is 2.37. The van der Waals surface area contributed by atoms with Crippen LogP contribution in [-0.4, -0.2) is 69.2 Å². The highest BCUT2D eigenvalue weighted by Crippen LogP contribution is 2.35. The number of imidazole rings is 1. The van der Waals surface area contributed by atoms with Crippen molar-refractivity contribution in [3.05, 3.63) is 52.5 Å². The maximum Gasteiger partial charge on any atom is 0.255 e. The lowest BCUT2D eigenvalue weighted by Crippen LogP contribution is -2.50. The van der Waals surface area contributed by atoms with Crippen LogP contribution in [0.1, 0.15) is 36.4 Å². The van der Waals surface area contributed by atoms with Crippen LogP contribution in [0.15, 0.2) is 35.6 Å². The van der Waals surface area contributed by atoms with Crippen LogP contribution in [0.5, 0.6) is 0 Å². The van der Waals surface area contributed by atoms with Crippen LogP contribution in [0, 0.1) is 5.92 Å². The largest absolute Gasteiger partial charge is 0.383 e. The Morgan fingerprint density at radius 2 is 2.16 bits per heavy atom. The van der Waals surface area contributed by atoms with E-state index in [1.54, 1.807) is 19.6 Å². The van der Waals surface area contributed by atoms with Crippen molar-refractivity contribution in [2.75, 3.05) is 33.4 Å². The molecule has 8 heteroatoms. The smallest absolute Gasteiger partial charge is 0.255 e. The predicted molar refractivity (Wildman–Crippen MR) is 116 cm³/mol. The third kappa shape index (κ3) is 4.06. The SMILES string of the molecule is COC[C@@H]1CCCN1Cc1ccc2n(c1=O)C[C@H]1C[C@@H]2CN(C(=O)Cn2ccnc2)C1. The fourth-order valence-electron chi connectivity index (χ4n) is 5.65. The van der Waals surface area contributed by atoms with E-state index in [4.69, 9.17) is 4.74 Å². The molecule has 0 saturated carbocycles. The van der Waals surface area contributed by atoms with Gasteiger partial charge in [-0.05, 0) is 37.8 Å². The minimum absolute atomic E-state index is 0.123. The van der Waals surface area contributed by atoms with E-state index < -0.39 is 0 Å². The number of ether oxygens (including phenoxy) is 1. The quantitative estimate of drug-likeness (QED) is 0.698. The summed E-state index contributed by atoms with van der Waals surface area (Å²) in [6.45, 7) is 4.87. The van der Waals surface area contributed by atoms with Crippen molar-refractivity contribution in [1.29, 1.82) is 0 Å². The van der Waals surface area contributed by atoms with Crippen molar-refractivity contribution in [3.63, 3.8) is 0 Å². The van der Waals surface area contributed by atoms with Gasteiger partial charge in [-0.15, -0.1) is 0 Å². The Morgan fingerprint density at radius 3 is 2.97 bits per heavy atom. The number of carbonyl (C=O) groups excluding carboxylic acids is 1. The maximum atomic E-state index is 13.3. The number of methoxy groups -OCH3 is 1. The molecule has 5 rings (SSSR count). The van der Waals surface area contributed by atoms with Crippen LogP contribution in [0.4, 0.5) is 0 Å². The Labute approximate surface area is 182 Å². The summed E-state index contributed by atoms with van der Waals surface area (Å²) in [5.74, 6) is 0.686. The van der Waals surface area contributed by atoms with Crippen molar-refractivity contribution in [1.82, 2.24) is 23.9 Å². The fraction of sp³-hybridized carbons (Fsp3) is 0.609. The number of aromatic nitrogens is 3. The van der Waals surface area contributed by atoms with E-state index in [-0.39, 0.29) is 17.4 Å². The average molecular weight is 426 g/mol. The number of fused-ring (bicyclic) bond motifs is 4. The van der Waals surface area contributed by atoms with E-state index >= 15 is 0 Å². The molecule has 3 aliphatic heterocycles. The molecular weight excluding hydrogens is 394 g/mol. The zero-order valence-electron chi connectivity index (χ0n) is 18.2. The van der Waals surface area contributed by atoms with Crippen molar-refractivity contribution in [3.8, 4) is 0 Å². The Morgan fingerprint density at radius 1 is 1.26 bits per heavy atom. The number of piperidine rings is 1. The van der Waals surface area contributed by atoms with E-state index in [1.165, 1.54) is 0 Å². The molecule has 166 valence electrons. The second kappa shape index (κ2) is 8.59. The second-order valence-corrected chi connectivity index (χ2v) is 9.25. The molecule has 0 aliphatic carbocycles. The molecule has 5 heterocycles. The lowest BCUT2D eigenvalue weighted by molar-refractivity contribution is -0.134. The summed E-state index contributed by atoms with van der Waals surface area (Å²) in [4.78, 5) is 34.5. The van der Waals surface area contributed by atoms with Gasteiger partial charge in [-0.25, -0.2) is 4.98 Å². The Balaban J connectivity index is 1.32. The maximum absolute atomic E-state index is 13.3. The molecule has 1 amide bonds. The van der Waals surface area contributed by atoms with Crippen LogP contribution in [0.2, 0.25) is 0 Å². The number of rotatable bonds is 6. The molecule has 0 aromatic carbocycles. The van der Waals surface area contributed by atoms with E-state index in [9.17, 15) is 9.59 Å². The topological polar surface area (TPSA) is 72.6 Å². The van der Waals surface area contributed by atoms with Gasteiger partial charge in [0.15, 0.2) is 0 Å². The minimum atomic E-state index is 0.123. The number of nitrogens with zero attached hydrogens (tertiary/aromatic N) is 5. The first-order valence-electron chi connectivity index (χ1n) is 11.3. The van der Waals surface area contributed by atoms with Crippen LogP contribution in [-0.2, 0) is 29.2 Å². The lowest BCUT2D eigenvalue weighted by Gasteiger charge is -2.43. The first-order valence-corrected chi connectivity index (χ1v) is 11.3. The third-order valence-corrected chi connectivity index (χ3v) is 7.14. The molecule has 0 unspecified atom stereocenters. The molecule has 2 saturated heterocycles. The normalized spacial score (nSPS) is 25.6. The number of likely N-dealkylation sites (tertiary alicyclic amines) is 2. The molecule has 0 radical (unpaired) electrons. The van der Waals surface area contributed by atoms with Crippen molar-refractivity contribution >= 4 is 5.91 Å². The van der Waals surface area contributed by atoms with Crippen LogP contribution in [0.25, 0.3) is 0 Å². The molecule has 0 spiro atoms. The van der Waals surface area contributed by atoms with E-state index in [2.05, 4.69) is 16.0 Å². The zero-order valence-corrected chi connectivity index (χ0v) is 18.2. The van der Waals surface area contributed by atoms with Gasteiger partial charge in [-0.3, -0.25) is 14.5 Å². The van der Waals surface area contributed by atoms with Gasteiger partial charge in [0, 0.05) is 68.9 Å². The fourth-order valence-corrected chi connectivity index (χ4v) is 5.65. The van der Waals surface area contributed by atoms with Gasteiger partial charge in [0.2, 0.25) is 5.91 Å². The van der Waals surface area contributed by atoms with Gasteiger partial charge in [-0.1, -0.05) is 6.07 Å². The molecule has 31 heavy (non-hydrogen) atoms. The number of pyridine rings is 1. The monoisotopic (exact) mass is 425 g/mol. The molecule has 2 aromatic heterocycles. The van der Waals surface area contributed by atoms with Crippen molar-refractivity contribution < 1.29 is 9.53 Å². The summed E-state index contributed by atoms with van der Waals surface area (Å²) in [5.41, 5.74) is 2.10. The van der Waals surface area contributed by atoms with Gasteiger partial charge in [0.1, 0.15) is 6.54 Å². The highest BCUT2D eigenvalue weighted by molar-refractivity contribution is 5.76. The van der Waals surface area contributed by atoms with Crippen molar-refractivity contribution in [2.24, 2.45) is 5.92 Å². The number of hydrogen-bond acceptors (Lipinski definition) is 5. The summed E-state index contributed by atoms with van der Waals surface area (Å²) in [6, 6.07) is 4.55. The Bertz CT molecular complexity index is 986. The standard InChI is InChI=1S/C23H31N5O3/c1-31-15-20-3-2-7-26(20)12-18-4-5-21-19-9-17(11-28(21)23(18)30)10-27(13-19)22(29)14-25-8-6-24-16-25/h4-6,8,16-17,19-20H,2-3,7,9-15H2,1H3/t17-,19+,20-/m0/s1. The number of amides is 1. The van der Waals surface area contributed by atoms with Crippen LogP contribution >= 0.6 is 0 Å². The van der Waals surface area contributed by atoms with Gasteiger partial charge >= 0.3 is 0 Å². The average Bonchev–Trinajstić information content (AvgIpc) is 3.43. The molecule has 0 N–H and O–H groups in total. The molecule has 3 aliphatic rings. The van der Waals surface area contributed by atoms with E-state index in [0.717, 1.165) is 50.2 Å². The summed E-state index contributed by atoms with van der Waals surface area (Å²) in [6.07, 6.45) is 8.53. The van der Waals surface area contributed by atoms with Gasteiger partial charge < -0.3 is 18.8 Å². The first-order chi connectivity index (χ1) is 15.1. The van der Waals surface area contributed by atoms with E-state index in [0.29, 0.717) is 38.1 Å². The minimum Gasteiger partial charge on any atom is -0.383 e. The molecule has 2 aromatic rings. The van der Waals surface area contributed by atoms with Gasteiger partial charge in [-0.2, -0.15) is 0 Å². The Kier molecular flexibility index (Phi) is 5.67. The number of carbonyl (C=O) groups is 1. The molecule has 8 nitrogen and oxygen atoms in total. The van der Waals surface area contributed by atoms with Gasteiger partial charge in [0.05, 0.1) is 12.9 Å². The second-order valence-electron chi connectivity index (χ2n) is 9.25. The molecule has 3 atom stereocenters. The van der Waals surface area contributed by atoms with Gasteiger partial charge in [0.25, 0.3) is 5.56 Å². The van der Waals surface area contributed by atoms with Crippen molar-refractivity contribution in [2.45, 2.75) is 50.9 Å². The summed E-state index contributed by atoms with van der Waals surface area (Å²) < 4.78 is 9.17. The predicted octanol–water partition coefficient (Wildman–Crippen LogP) is 1.30.